The van der Waals surface area contributed by atoms with E-state index in [2.05, 4.69) is 10.1 Å². The number of methoxy groups -OCH3 is 1. The highest BCUT2D eigenvalue weighted by molar-refractivity contribution is 5.85. The van der Waals surface area contributed by atoms with Gasteiger partial charge in [0.1, 0.15) is 0 Å². The van der Waals surface area contributed by atoms with Crippen molar-refractivity contribution in [3.63, 3.8) is 0 Å². The molecule has 0 heterocycles. The van der Waals surface area contributed by atoms with E-state index in [0.29, 0.717) is 12.1 Å². The lowest BCUT2D eigenvalue weighted by Crippen LogP contribution is -2.23. The zero-order valence-electron chi connectivity index (χ0n) is 9.58. The summed E-state index contributed by atoms with van der Waals surface area (Å²) >= 11 is 0. The van der Waals surface area contributed by atoms with Crippen molar-refractivity contribution in [2.24, 2.45) is 0 Å². The number of hydrogen-bond acceptors (Lipinski definition) is 3. The Hall–Kier alpha value is -1.27. The third kappa shape index (κ3) is 5.37. The number of halogens is 4. The monoisotopic (exact) mass is 283 g/mol. The van der Waals surface area contributed by atoms with Crippen molar-refractivity contribution in [1.82, 2.24) is 5.32 Å². The summed E-state index contributed by atoms with van der Waals surface area (Å²) in [7, 11) is 1.27. The van der Waals surface area contributed by atoms with Crippen molar-refractivity contribution in [3.8, 4) is 0 Å². The Morgan fingerprint density at radius 1 is 1.28 bits per heavy atom. The number of esters is 1. The first-order valence-electron chi connectivity index (χ1n) is 4.87. The van der Waals surface area contributed by atoms with E-state index in [0.717, 1.165) is 12.1 Å². The molecule has 7 heteroatoms. The lowest BCUT2D eigenvalue weighted by atomic mass is 10.1. The molecule has 0 aliphatic heterocycles. The van der Waals surface area contributed by atoms with E-state index in [-0.39, 0.29) is 19.0 Å². The van der Waals surface area contributed by atoms with Crippen LogP contribution in [0.2, 0.25) is 0 Å². The first kappa shape index (κ1) is 16.7. The van der Waals surface area contributed by atoms with E-state index in [9.17, 15) is 18.0 Å². The molecule has 0 aliphatic rings. The van der Waals surface area contributed by atoms with Crippen molar-refractivity contribution in [3.05, 3.63) is 35.4 Å². The first-order chi connectivity index (χ1) is 7.93. The third-order valence-corrected chi connectivity index (χ3v) is 2.11. The predicted octanol–water partition coefficient (Wildman–Crippen LogP) is 2.39. The summed E-state index contributed by atoms with van der Waals surface area (Å²) in [5.41, 5.74) is -0.0175. The highest BCUT2D eigenvalue weighted by Gasteiger charge is 2.29. The van der Waals surface area contributed by atoms with Gasteiger partial charge in [0, 0.05) is 6.54 Å². The average molecular weight is 284 g/mol. The molecule has 0 saturated heterocycles. The summed E-state index contributed by atoms with van der Waals surface area (Å²) in [4.78, 5) is 10.8. The number of nitrogens with one attached hydrogen (secondary N) is 1. The minimum atomic E-state index is -4.32. The van der Waals surface area contributed by atoms with Gasteiger partial charge in [0.25, 0.3) is 0 Å². The largest absolute Gasteiger partial charge is 0.468 e. The summed E-state index contributed by atoms with van der Waals surface area (Å²) in [5, 5.41) is 2.75. The van der Waals surface area contributed by atoms with Gasteiger partial charge in [0.05, 0.1) is 19.2 Å². The fraction of sp³-hybridized carbons (Fsp3) is 0.364. The minimum absolute atomic E-state index is 0. The summed E-state index contributed by atoms with van der Waals surface area (Å²) in [5.74, 6) is -0.420. The standard InChI is InChI=1S/C11H12F3NO2.ClH/c1-17-10(16)7-15-6-8-2-4-9(5-3-8)11(12,13)14;/h2-5,15H,6-7H2,1H3;1H. The van der Waals surface area contributed by atoms with Crippen molar-refractivity contribution < 1.29 is 22.7 Å². The normalized spacial score (nSPS) is 10.7. The molecule has 0 atom stereocenters. The molecular weight excluding hydrogens is 271 g/mol. The molecule has 0 spiro atoms. The van der Waals surface area contributed by atoms with Gasteiger partial charge < -0.3 is 10.1 Å². The Bertz CT molecular complexity index is 379. The van der Waals surface area contributed by atoms with Crippen LogP contribution in [0.25, 0.3) is 0 Å². The molecule has 0 unspecified atom stereocenters. The zero-order chi connectivity index (χ0) is 12.9. The summed E-state index contributed by atoms with van der Waals surface area (Å²) < 4.78 is 41.1. The molecular formula is C11H13ClF3NO2. The Morgan fingerprint density at radius 3 is 2.28 bits per heavy atom. The predicted molar refractivity (Wildman–Crippen MR) is 62.4 cm³/mol. The van der Waals surface area contributed by atoms with Gasteiger partial charge in [0.15, 0.2) is 0 Å². The fourth-order valence-corrected chi connectivity index (χ4v) is 1.19. The Kier molecular flexibility index (Phi) is 6.72. The van der Waals surface area contributed by atoms with Gasteiger partial charge in [-0.15, -0.1) is 12.4 Å². The van der Waals surface area contributed by atoms with Crippen LogP contribution in [0.15, 0.2) is 24.3 Å². The molecule has 1 N–H and O–H groups in total. The number of carbonyl (C=O) groups is 1. The van der Waals surface area contributed by atoms with Crippen LogP contribution in [0.4, 0.5) is 13.2 Å². The quantitative estimate of drug-likeness (QED) is 0.862. The van der Waals surface area contributed by atoms with E-state index >= 15 is 0 Å². The lowest BCUT2D eigenvalue weighted by molar-refractivity contribution is -0.139. The molecule has 0 aromatic heterocycles. The SMILES string of the molecule is COC(=O)CNCc1ccc(C(F)(F)F)cc1.Cl. The maximum atomic E-state index is 12.2. The first-order valence-corrected chi connectivity index (χ1v) is 4.87. The van der Waals surface area contributed by atoms with E-state index in [1.165, 1.54) is 19.2 Å². The molecule has 0 amide bonds. The number of hydrogen-bond donors (Lipinski definition) is 1. The molecule has 1 aromatic carbocycles. The fourth-order valence-electron chi connectivity index (χ4n) is 1.19. The van der Waals surface area contributed by atoms with E-state index in [1.54, 1.807) is 0 Å². The molecule has 0 radical (unpaired) electrons. The van der Waals surface area contributed by atoms with Gasteiger partial charge >= 0.3 is 12.1 Å². The van der Waals surface area contributed by atoms with Crippen molar-refractivity contribution >= 4 is 18.4 Å². The maximum absolute atomic E-state index is 12.2. The van der Waals surface area contributed by atoms with Crippen LogP contribution < -0.4 is 5.32 Å². The van der Waals surface area contributed by atoms with E-state index in [1.807, 2.05) is 0 Å². The third-order valence-electron chi connectivity index (χ3n) is 2.11. The molecule has 3 nitrogen and oxygen atoms in total. The van der Waals surface area contributed by atoms with Crippen LogP contribution in [-0.4, -0.2) is 19.6 Å². The van der Waals surface area contributed by atoms with Gasteiger partial charge in [-0.1, -0.05) is 12.1 Å². The van der Waals surface area contributed by atoms with Gasteiger partial charge in [0.2, 0.25) is 0 Å². The van der Waals surface area contributed by atoms with Crippen molar-refractivity contribution in [2.45, 2.75) is 12.7 Å². The number of alkyl halides is 3. The number of carbonyl (C=O) groups excluding carboxylic acids is 1. The second kappa shape index (κ2) is 7.23. The molecule has 0 aliphatic carbocycles. The molecule has 0 saturated carbocycles. The van der Waals surface area contributed by atoms with Gasteiger partial charge in [-0.05, 0) is 17.7 Å². The van der Waals surface area contributed by atoms with Crippen molar-refractivity contribution in [1.29, 1.82) is 0 Å². The Balaban J connectivity index is 0.00000289. The number of ether oxygens (including phenoxy) is 1. The second-order valence-corrected chi connectivity index (χ2v) is 3.37. The van der Waals surface area contributed by atoms with Crippen LogP contribution in [0, 0.1) is 0 Å². The Morgan fingerprint density at radius 2 is 1.83 bits per heavy atom. The number of rotatable bonds is 4. The van der Waals surface area contributed by atoms with Crippen LogP contribution >= 0.6 is 12.4 Å². The van der Waals surface area contributed by atoms with Crippen LogP contribution in [0.1, 0.15) is 11.1 Å². The molecule has 1 aromatic rings. The highest BCUT2D eigenvalue weighted by Crippen LogP contribution is 2.28. The minimum Gasteiger partial charge on any atom is -0.468 e. The van der Waals surface area contributed by atoms with E-state index in [4.69, 9.17) is 0 Å². The van der Waals surface area contributed by atoms with Gasteiger partial charge in [-0.3, -0.25) is 4.79 Å². The van der Waals surface area contributed by atoms with Crippen LogP contribution in [0.3, 0.4) is 0 Å². The van der Waals surface area contributed by atoms with Crippen LogP contribution in [-0.2, 0) is 22.3 Å². The van der Waals surface area contributed by atoms with Gasteiger partial charge in [-0.25, -0.2) is 0 Å². The molecule has 18 heavy (non-hydrogen) atoms. The zero-order valence-corrected chi connectivity index (χ0v) is 10.4. The Labute approximate surface area is 109 Å². The molecule has 0 fully saturated rings. The summed E-state index contributed by atoms with van der Waals surface area (Å²) in [6.07, 6.45) is -4.32. The molecule has 1 rings (SSSR count). The van der Waals surface area contributed by atoms with Crippen molar-refractivity contribution in [2.75, 3.05) is 13.7 Å². The van der Waals surface area contributed by atoms with Gasteiger partial charge in [-0.2, -0.15) is 13.2 Å². The average Bonchev–Trinajstić information content (AvgIpc) is 2.28. The van der Waals surface area contributed by atoms with Crippen LogP contribution in [0.5, 0.6) is 0 Å². The summed E-state index contributed by atoms with van der Waals surface area (Å²) in [6, 6.07) is 4.75. The van der Waals surface area contributed by atoms with E-state index < -0.39 is 17.7 Å². The maximum Gasteiger partial charge on any atom is 0.416 e. The number of benzene rings is 1. The molecule has 102 valence electrons. The smallest absolute Gasteiger partial charge is 0.416 e. The molecule has 0 bridgehead atoms. The summed E-state index contributed by atoms with van der Waals surface area (Å²) in [6.45, 7) is 0.338. The topological polar surface area (TPSA) is 38.3 Å². The highest BCUT2D eigenvalue weighted by atomic mass is 35.5. The lowest BCUT2D eigenvalue weighted by Gasteiger charge is -2.08. The second-order valence-electron chi connectivity index (χ2n) is 3.37.